The number of thioether (sulfide) groups is 1. The number of aryl methyl sites for hydroxylation is 1. The van der Waals surface area contributed by atoms with Gasteiger partial charge in [0, 0.05) is 39.3 Å². The number of ether oxygens (including phenoxy) is 2. The Kier molecular flexibility index (Phi) is 7.47. The number of para-hydroxylation sites is 1. The third kappa shape index (κ3) is 4.65. The van der Waals surface area contributed by atoms with Crippen LogP contribution in [0.3, 0.4) is 0 Å². The topological polar surface area (TPSA) is 97.4 Å². The number of likely N-dealkylation sites (N-methyl/N-ethyl adjacent to an activating group) is 1. The number of carbonyl (C=O) groups excluding carboxylic acids is 1. The van der Waals surface area contributed by atoms with Gasteiger partial charge in [0.05, 0.1) is 30.9 Å². The fourth-order valence-electron chi connectivity index (χ4n) is 4.58. The molecule has 0 saturated carbocycles. The number of amides is 1. The summed E-state index contributed by atoms with van der Waals surface area (Å²) in [5.41, 5.74) is 3.55. The van der Waals surface area contributed by atoms with Gasteiger partial charge in [-0.3, -0.25) is 9.59 Å². The third-order valence-corrected chi connectivity index (χ3v) is 7.20. The zero-order valence-corrected chi connectivity index (χ0v) is 21.0. The lowest BCUT2D eigenvalue weighted by molar-refractivity contribution is -0.207. The van der Waals surface area contributed by atoms with Gasteiger partial charge in [0.1, 0.15) is 0 Å². The van der Waals surface area contributed by atoms with E-state index in [-0.39, 0.29) is 30.1 Å². The van der Waals surface area contributed by atoms with Gasteiger partial charge in [0.15, 0.2) is 6.29 Å². The van der Waals surface area contributed by atoms with Crippen molar-refractivity contribution in [2.75, 3.05) is 26.5 Å². The molecule has 0 bridgehead atoms. The molecule has 0 spiro atoms. The van der Waals surface area contributed by atoms with Crippen LogP contribution < -0.4 is 16.2 Å². The number of carbonyl (C=O) groups is 1. The van der Waals surface area contributed by atoms with Crippen LogP contribution in [0.2, 0.25) is 0 Å². The standard InChI is InChI=1S/C25H32N4O4S/c1-14-10-21(34-5)19(23(30)28-14)11-27-24(31)22-15(2)29(20-9-7-6-8-18(20)22)16(3)25-32-12-17(26-4)13-33-25/h6-10,16-17,25-26H,11-13H2,1-5H3,(H,27,31)(H,28,30)/t16-,17?,25?/m1/s1. The average molecular weight is 485 g/mol. The molecule has 1 fully saturated rings. The molecule has 2 aromatic heterocycles. The number of benzene rings is 1. The van der Waals surface area contributed by atoms with Gasteiger partial charge >= 0.3 is 0 Å². The van der Waals surface area contributed by atoms with Crippen LogP contribution >= 0.6 is 11.8 Å². The molecule has 3 N–H and O–H groups in total. The molecular formula is C25H32N4O4S. The monoisotopic (exact) mass is 484 g/mol. The van der Waals surface area contributed by atoms with Crippen molar-refractivity contribution in [3.8, 4) is 0 Å². The van der Waals surface area contributed by atoms with Crippen molar-refractivity contribution in [2.24, 2.45) is 0 Å². The zero-order chi connectivity index (χ0) is 24.4. The minimum atomic E-state index is -0.412. The lowest BCUT2D eigenvalue weighted by atomic mass is 10.1. The second-order valence-corrected chi connectivity index (χ2v) is 9.47. The molecule has 0 radical (unpaired) electrons. The van der Waals surface area contributed by atoms with Gasteiger partial charge in [-0.25, -0.2) is 0 Å². The molecule has 9 heteroatoms. The van der Waals surface area contributed by atoms with Crippen LogP contribution in [0.1, 0.15) is 40.3 Å². The van der Waals surface area contributed by atoms with Crippen LogP contribution in [-0.2, 0) is 16.0 Å². The minimum Gasteiger partial charge on any atom is -0.349 e. The van der Waals surface area contributed by atoms with Crippen LogP contribution in [0.5, 0.6) is 0 Å². The van der Waals surface area contributed by atoms with Gasteiger partial charge in [0.2, 0.25) is 0 Å². The average Bonchev–Trinajstić information content (AvgIpc) is 3.14. The number of hydrogen-bond donors (Lipinski definition) is 3. The van der Waals surface area contributed by atoms with E-state index < -0.39 is 6.29 Å². The van der Waals surface area contributed by atoms with E-state index in [1.807, 2.05) is 64.4 Å². The second-order valence-electron chi connectivity index (χ2n) is 8.62. The Morgan fingerprint density at radius 2 is 1.97 bits per heavy atom. The molecule has 3 heterocycles. The Balaban J connectivity index is 1.63. The van der Waals surface area contributed by atoms with E-state index in [0.717, 1.165) is 27.2 Å². The molecule has 34 heavy (non-hydrogen) atoms. The summed E-state index contributed by atoms with van der Waals surface area (Å²) < 4.78 is 14.1. The summed E-state index contributed by atoms with van der Waals surface area (Å²) in [4.78, 5) is 29.6. The Morgan fingerprint density at radius 3 is 2.65 bits per heavy atom. The van der Waals surface area contributed by atoms with Gasteiger partial charge in [0.25, 0.3) is 11.5 Å². The fraction of sp³-hybridized carbons (Fsp3) is 0.440. The highest BCUT2D eigenvalue weighted by atomic mass is 32.2. The summed E-state index contributed by atoms with van der Waals surface area (Å²) in [6.07, 6.45) is 1.51. The van der Waals surface area contributed by atoms with E-state index >= 15 is 0 Å². The smallest absolute Gasteiger partial charge is 0.254 e. The van der Waals surface area contributed by atoms with Crippen molar-refractivity contribution in [1.82, 2.24) is 20.2 Å². The number of aromatic nitrogens is 2. The Hall–Kier alpha value is -2.59. The number of fused-ring (bicyclic) bond motifs is 1. The fourth-order valence-corrected chi connectivity index (χ4v) is 5.29. The lowest BCUT2D eigenvalue weighted by Gasteiger charge is -2.34. The van der Waals surface area contributed by atoms with Gasteiger partial charge < -0.3 is 29.7 Å². The molecule has 1 aliphatic heterocycles. The largest absolute Gasteiger partial charge is 0.349 e. The number of nitrogens with one attached hydrogen (secondary N) is 3. The lowest BCUT2D eigenvalue weighted by Crippen LogP contribution is -2.45. The predicted octanol–water partition coefficient (Wildman–Crippen LogP) is 3.12. The molecular weight excluding hydrogens is 452 g/mol. The first-order chi connectivity index (χ1) is 16.3. The Morgan fingerprint density at radius 1 is 1.26 bits per heavy atom. The van der Waals surface area contributed by atoms with Crippen LogP contribution in [0.25, 0.3) is 10.9 Å². The van der Waals surface area contributed by atoms with E-state index in [2.05, 4.69) is 20.2 Å². The van der Waals surface area contributed by atoms with E-state index in [9.17, 15) is 9.59 Å². The van der Waals surface area contributed by atoms with Crippen molar-refractivity contribution < 1.29 is 14.3 Å². The number of pyridine rings is 1. The number of aromatic amines is 1. The van der Waals surface area contributed by atoms with Crippen molar-refractivity contribution in [3.05, 3.63) is 63.2 Å². The van der Waals surface area contributed by atoms with Crippen LogP contribution in [0.15, 0.2) is 40.0 Å². The molecule has 3 aromatic rings. The van der Waals surface area contributed by atoms with Crippen molar-refractivity contribution in [1.29, 1.82) is 0 Å². The third-order valence-electron chi connectivity index (χ3n) is 6.39. The number of rotatable bonds is 7. The van der Waals surface area contributed by atoms with Gasteiger partial charge in [-0.2, -0.15) is 0 Å². The van der Waals surface area contributed by atoms with Gasteiger partial charge in [-0.15, -0.1) is 11.8 Å². The normalized spacial score (nSPS) is 19.3. The maximum absolute atomic E-state index is 13.4. The molecule has 1 aliphatic rings. The summed E-state index contributed by atoms with van der Waals surface area (Å²) >= 11 is 1.49. The maximum atomic E-state index is 13.4. The summed E-state index contributed by atoms with van der Waals surface area (Å²) in [5.74, 6) is -0.215. The molecule has 0 aliphatic carbocycles. The first-order valence-electron chi connectivity index (χ1n) is 11.4. The summed E-state index contributed by atoms with van der Waals surface area (Å²) in [7, 11) is 1.89. The molecule has 1 saturated heterocycles. The second kappa shape index (κ2) is 10.4. The van der Waals surface area contributed by atoms with Gasteiger partial charge in [-0.1, -0.05) is 18.2 Å². The van der Waals surface area contributed by atoms with Gasteiger partial charge in [-0.05, 0) is 46.2 Å². The van der Waals surface area contributed by atoms with Crippen LogP contribution in [0, 0.1) is 13.8 Å². The summed E-state index contributed by atoms with van der Waals surface area (Å²) in [5, 5.41) is 7.00. The van der Waals surface area contributed by atoms with Crippen molar-refractivity contribution in [3.63, 3.8) is 0 Å². The highest BCUT2D eigenvalue weighted by Crippen LogP contribution is 2.32. The molecule has 4 rings (SSSR count). The number of nitrogens with zero attached hydrogens (tertiary/aromatic N) is 1. The maximum Gasteiger partial charge on any atom is 0.254 e. The van der Waals surface area contributed by atoms with Crippen LogP contribution in [0.4, 0.5) is 0 Å². The highest BCUT2D eigenvalue weighted by molar-refractivity contribution is 7.98. The van der Waals surface area contributed by atoms with E-state index in [0.29, 0.717) is 24.3 Å². The molecule has 8 nitrogen and oxygen atoms in total. The predicted molar refractivity (Wildman–Crippen MR) is 135 cm³/mol. The molecule has 1 aromatic carbocycles. The van der Waals surface area contributed by atoms with Crippen molar-refractivity contribution >= 4 is 28.6 Å². The SMILES string of the molecule is CNC1COC([C@@H](C)n2c(C)c(C(=O)NCc3c(SC)cc(C)[nH]c3=O)c3ccccc32)OC1. The molecule has 182 valence electrons. The minimum absolute atomic E-state index is 0.132. The number of hydrogen-bond acceptors (Lipinski definition) is 6. The molecule has 1 amide bonds. The molecule has 0 unspecified atom stereocenters. The quantitative estimate of drug-likeness (QED) is 0.446. The molecule has 1 atom stereocenters. The zero-order valence-electron chi connectivity index (χ0n) is 20.2. The van der Waals surface area contributed by atoms with Crippen LogP contribution in [-0.4, -0.2) is 54.3 Å². The summed E-state index contributed by atoms with van der Waals surface area (Å²) in [6.45, 7) is 7.12. The highest BCUT2D eigenvalue weighted by Gasteiger charge is 2.30. The number of H-pyrrole nitrogens is 1. The Bertz CT molecular complexity index is 1240. The van der Waals surface area contributed by atoms with E-state index in [1.165, 1.54) is 11.8 Å². The first-order valence-corrected chi connectivity index (χ1v) is 12.6. The van der Waals surface area contributed by atoms with Crippen molar-refractivity contribution in [2.45, 2.75) is 50.6 Å². The summed E-state index contributed by atoms with van der Waals surface area (Å²) in [6, 6.07) is 9.81. The van der Waals surface area contributed by atoms with E-state index in [4.69, 9.17) is 9.47 Å². The van der Waals surface area contributed by atoms with E-state index in [1.54, 1.807) is 0 Å². The Labute approximate surface area is 203 Å². The first kappa shape index (κ1) is 24.5.